The number of methoxy groups -OCH3 is 1. The molecule has 2 atom stereocenters. The average molecular weight is 515 g/mol. The maximum atomic E-state index is 14.4. The highest BCUT2D eigenvalue weighted by molar-refractivity contribution is 6.18. The van der Waals surface area contributed by atoms with Crippen molar-refractivity contribution in [2.75, 3.05) is 20.3 Å². The highest BCUT2D eigenvalue weighted by Gasteiger charge is 2.48. The molecule has 5 nitrogen and oxygen atoms in total. The fourth-order valence-corrected chi connectivity index (χ4v) is 6.34. The molecule has 1 aliphatic rings. The lowest BCUT2D eigenvalue weighted by molar-refractivity contribution is -0.763. The molecule has 0 radical (unpaired) electrons. The van der Waals surface area contributed by atoms with E-state index in [4.69, 9.17) is 4.74 Å². The van der Waals surface area contributed by atoms with Gasteiger partial charge in [0.1, 0.15) is 5.69 Å². The number of aromatic nitrogens is 3. The number of hydrogen-bond acceptors (Lipinski definition) is 3. The van der Waals surface area contributed by atoms with Crippen molar-refractivity contribution in [2.45, 2.75) is 18.1 Å². The van der Waals surface area contributed by atoms with Crippen molar-refractivity contribution in [3.63, 3.8) is 0 Å². The monoisotopic (exact) mass is 514 g/mol. The molecule has 190 valence electrons. The topological polar surface area (TPSA) is 50.6 Å². The van der Waals surface area contributed by atoms with Gasteiger partial charge in [-0.05, 0) is 18.2 Å². The number of benzene rings is 3. The van der Waals surface area contributed by atoms with Gasteiger partial charge >= 0.3 is 6.18 Å². The van der Waals surface area contributed by atoms with Crippen LogP contribution in [0.25, 0.3) is 49.4 Å². The van der Waals surface area contributed by atoms with Crippen molar-refractivity contribution in [1.82, 2.24) is 9.50 Å². The number of aliphatic hydroxyl groups excluding tert-OH is 1. The second-order valence-corrected chi connectivity index (χ2v) is 9.66. The first kappa shape index (κ1) is 23.1. The number of allylic oxidation sites excluding steroid dienone is 1. The Morgan fingerprint density at radius 1 is 0.947 bits per heavy atom. The Bertz CT molecular complexity index is 1890. The van der Waals surface area contributed by atoms with Gasteiger partial charge in [0.05, 0.1) is 35.6 Å². The van der Waals surface area contributed by atoms with E-state index in [1.54, 1.807) is 37.5 Å². The van der Waals surface area contributed by atoms with E-state index in [1.807, 2.05) is 24.3 Å². The first-order valence-corrected chi connectivity index (χ1v) is 12.4. The van der Waals surface area contributed by atoms with Crippen LogP contribution in [-0.4, -0.2) is 34.9 Å². The molecule has 2 unspecified atom stereocenters. The molecule has 1 N–H and O–H groups in total. The van der Waals surface area contributed by atoms with Crippen LogP contribution >= 0.6 is 0 Å². The molecule has 0 aliphatic carbocycles. The number of alkyl halides is 3. The van der Waals surface area contributed by atoms with Gasteiger partial charge < -0.3 is 14.2 Å². The summed E-state index contributed by atoms with van der Waals surface area (Å²) in [5.74, 6) is -0.339. The number of fused-ring (bicyclic) bond motifs is 10. The zero-order valence-corrected chi connectivity index (χ0v) is 20.4. The summed E-state index contributed by atoms with van der Waals surface area (Å²) in [4.78, 5) is 0. The SMILES string of the molecule is COCC1c2c(n3c4ccccc4c4cccc2c43)-c2c3ccccc3c(C(F)(F)F)n[n+]2C1/C=C/CO. The Morgan fingerprint density at radius 3 is 2.37 bits per heavy atom. The van der Waals surface area contributed by atoms with Crippen LogP contribution in [0.5, 0.6) is 0 Å². The lowest BCUT2D eigenvalue weighted by Gasteiger charge is -2.27. The molecule has 0 fully saturated rings. The van der Waals surface area contributed by atoms with E-state index in [-0.39, 0.29) is 24.5 Å². The Hall–Kier alpha value is -4.01. The Balaban J connectivity index is 1.74. The molecule has 0 saturated carbocycles. The van der Waals surface area contributed by atoms with Crippen LogP contribution < -0.4 is 4.68 Å². The van der Waals surface area contributed by atoms with E-state index in [0.717, 1.165) is 38.4 Å². The molecule has 0 bridgehead atoms. The van der Waals surface area contributed by atoms with Crippen molar-refractivity contribution >= 4 is 38.0 Å². The van der Waals surface area contributed by atoms with Gasteiger partial charge in [-0.3, -0.25) is 0 Å². The molecule has 0 amide bonds. The quantitative estimate of drug-likeness (QED) is 0.231. The number of ether oxygens (including phenoxy) is 1. The lowest BCUT2D eigenvalue weighted by atomic mass is 9.84. The molecule has 6 aromatic rings. The number of para-hydroxylation sites is 2. The summed E-state index contributed by atoms with van der Waals surface area (Å²) in [6, 6.07) is 20.3. The second kappa shape index (κ2) is 8.24. The molecule has 3 aromatic heterocycles. The third-order valence-electron chi connectivity index (χ3n) is 7.68. The van der Waals surface area contributed by atoms with Crippen LogP contribution in [-0.2, 0) is 10.9 Å². The van der Waals surface area contributed by atoms with Gasteiger partial charge in [0.25, 0.3) is 5.69 Å². The van der Waals surface area contributed by atoms with Crippen molar-refractivity contribution < 1.29 is 27.7 Å². The van der Waals surface area contributed by atoms with Gasteiger partial charge in [0, 0.05) is 39.3 Å². The van der Waals surface area contributed by atoms with Crippen molar-refractivity contribution in [2.24, 2.45) is 0 Å². The number of rotatable bonds is 4. The minimum Gasteiger partial charge on any atom is -0.392 e. The van der Waals surface area contributed by atoms with Gasteiger partial charge in [0.15, 0.2) is 0 Å². The van der Waals surface area contributed by atoms with Crippen molar-refractivity contribution in [3.8, 4) is 11.4 Å². The Labute approximate surface area is 215 Å². The zero-order valence-electron chi connectivity index (χ0n) is 20.4. The highest BCUT2D eigenvalue weighted by Crippen LogP contribution is 2.50. The largest absolute Gasteiger partial charge is 0.439 e. The predicted octanol–water partition coefficient (Wildman–Crippen LogP) is 6.04. The van der Waals surface area contributed by atoms with Gasteiger partial charge in [-0.25, -0.2) is 0 Å². The predicted molar refractivity (Wildman–Crippen MR) is 139 cm³/mol. The van der Waals surface area contributed by atoms with E-state index in [2.05, 4.69) is 27.7 Å². The van der Waals surface area contributed by atoms with Crippen LogP contribution in [0.15, 0.2) is 78.9 Å². The van der Waals surface area contributed by atoms with Gasteiger partial charge in [-0.15, -0.1) is 0 Å². The first-order valence-electron chi connectivity index (χ1n) is 12.4. The lowest BCUT2D eigenvalue weighted by Crippen LogP contribution is -2.52. The molecule has 38 heavy (non-hydrogen) atoms. The summed E-state index contributed by atoms with van der Waals surface area (Å²) in [6.07, 6.45) is -1.35. The van der Waals surface area contributed by atoms with E-state index < -0.39 is 17.9 Å². The maximum absolute atomic E-state index is 14.4. The number of nitrogens with zero attached hydrogens (tertiary/aromatic N) is 3. The molecular formula is C30H23F3N3O2+. The van der Waals surface area contributed by atoms with Crippen LogP contribution in [0.4, 0.5) is 13.2 Å². The molecule has 0 saturated heterocycles. The minimum absolute atomic E-state index is 0.0526. The second-order valence-electron chi connectivity index (χ2n) is 9.66. The van der Waals surface area contributed by atoms with E-state index in [0.29, 0.717) is 11.1 Å². The van der Waals surface area contributed by atoms with Crippen molar-refractivity contribution in [3.05, 3.63) is 90.1 Å². The van der Waals surface area contributed by atoms with Crippen LogP contribution in [0.3, 0.4) is 0 Å². The summed E-state index contributed by atoms with van der Waals surface area (Å²) < 4.78 is 52.4. The van der Waals surface area contributed by atoms with E-state index in [1.165, 1.54) is 10.7 Å². The molecule has 0 spiro atoms. The first-order chi connectivity index (χ1) is 18.5. The smallest absolute Gasteiger partial charge is 0.392 e. The standard InChI is InChI=1S/C30H23F3N3O2/c1-38-16-22-24(14-7-15-37)36-27(19-9-2-3-10-20(19)29(34-36)30(31,32)33)28-25(22)21-12-6-11-18-17-8-4-5-13-23(17)35(28)26(18)21/h2-14,22,24,37H,15-16H2,1H3/q+1/b14-7+. The summed E-state index contributed by atoms with van der Waals surface area (Å²) in [7, 11) is 1.59. The van der Waals surface area contributed by atoms with Gasteiger partial charge in [-0.2, -0.15) is 13.2 Å². The van der Waals surface area contributed by atoms with Crippen LogP contribution in [0.1, 0.15) is 23.2 Å². The summed E-state index contributed by atoms with van der Waals surface area (Å²) in [5, 5.41) is 17.6. The summed E-state index contributed by atoms with van der Waals surface area (Å²) in [5.41, 5.74) is 3.53. The molecule has 3 aromatic carbocycles. The fraction of sp³-hybridized carbons (Fsp3) is 0.200. The fourth-order valence-electron chi connectivity index (χ4n) is 6.34. The normalized spacial score (nSPS) is 17.8. The summed E-state index contributed by atoms with van der Waals surface area (Å²) in [6.45, 7) is 0.0265. The molecular weight excluding hydrogens is 491 g/mol. The molecule has 4 heterocycles. The summed E-state index contributed by atoms with van der Waals surface area (Å²) >= 11 is 0. The van der Waals surface area contributed by atoms with Crippen LogP contribution in [0, 0.1) is 0 Å². The molecule has 1 aliphatic heterocycles. The molecule has 8 heteroatoms. The number of aliphatic hydroxyl groups is 1. The van der Waals surface area contributed by atoms with E-state index in [9.17, 15) is 18.3 Å². The van der Waals surface area contributed by atoms with Crippen LogP contribution in [0.2, 0.25) is 0 Å². The number of hydrogen-bond donors (Lipinski definition) is 1. The Kier molecular flexibility index (Phi) is 5.02. The maximum Gasteiger partial charge on any atom is 0.439 e. The van der Waals surface area contributed by atoms with Gasteiger partial charge in [-0.1, -0.05) is 65.4 Å². The van der Waals surface area contributed by atoms with Gasteiger partial charge in [0.2, 0.25) is 11.7 Å². The third-order valence-corrected chi connectivity index (χ3v) is 7.68. The minimum atomic E-state index is -4.65. The zero-order chi connectivity index (χ0) is 26.2. The van der Waals surface area contributed by atoms with E-state index >= 15 is 0 Å². The third kappa shape index (κ3) is 3.01. The van der Waals surface area contributed by atoms with Crippen molar-refractivity contribution in [1.29, 1.82) is 0 Å². The number of halogens is 3. The molecule has 7 rings (SSSR count). The highest BCUT2D eigenvalue weighted by atomic mass is 19.4. The average Bonchev–Trinajstić information content (AvgIpc) is 3.44. The Morgan fingerprint density at radius 2 is 1.63 bits per heavy atom.